The van der Waals surface area contributed by atoms with Gasteiger partial charge < -0.3 is 16.2 Å². The highest BCUT2D eigenvalue weighted by Gasteiger charge is 2.11. The second-order valence-electron chi connectivity index (χ2n) is 4.87. The van der Waals surface area contributed by atoms with Gasteiger partial charge in [-0.1, -0.05) is 12.1 Å². The van der Waals surface area contributed by atoms with Gasteiger partial charge in [0.05, 0.1) is 0 Å². The summed E-state index contributed by atoms with van der Waals surface area (Å²) in [6.07, 6.45) is 0. The predicted octanol–water partition coefficient (Wildman–Crippen LogP) is 2.48. The van der Waals surface area contributed by atoms with Gasteiger partial charge in [0.25, 0.3) is 0 Å². The molecule has 4 nitrogen and oxygen atoms in total. The van der Waals surface area contributed by atoms with Gasteiger partial charge >= 0.3 is 0 Å². The molecule has 21 heavy (non-hydrogen) atoms. The summed E-state index contributed by atoms with van der Waals surface area (Å²) < 4.78 is 13.2. The van der Waals surface area contributed by atoms with E-state index in [1.165, 1.54) is 18.2 Å². The molecule has 2 rings (SSSR count). The quantitative estimate of drug-likeness (QED) is 0.791. The van der Waals surface area contributed by atoms with Crippen LogP contribution in [-0.2, 0) is 6.54 Å². The lowest BCUT2D eigenvalue weighted by Gasteiger charge is -2.16. The average molecular weight is 288 g/mol. The molecule has 2 aromatic carbocycles. The number of halogens is 1. The Hall–Kier alpha value is -2.40. The van der Waals surface area contributed by atoms with Crippen molar-refractivity contribution in [3.8, 4) is 5.75 Å². The van der Waals surface area contributed by atoms with Crippen LogP contribution in [0.4, 0.5) is 4.39 Å². The Bertz CT molecular complexity index is 658. The molecule has 0 aliphatic rings. The minimum atomic E-state index is -0.479. The van der Waals surface area contributed by atoms with Gasteiger partial charge in [0.2, 0.25) is 5.91 Å². The van der Waals surface area contributed by atoms with Crippen LogP contribution in [0.25, 0.3) is 0 Å². The number of rotatable bonds is 5. The van der Waals surface area contributed by atoms with Crippen LogP contribution in [0.3, 0.4) is 0 Å². The number of phenolic OH excluding ortho intramolecular Hbond substituents is 1. The number of aromatic hydroxyl groups is 1. The van der Waals surface area contributed by atoms with Gasteiger partial charge in [-0.15, -0.1) is 0 Å². The summed E-state index contributed by atoms with van der Waals surface area (Å²) in [7, 11) is 0. The largest absolute Gasteiger partial charge is 0.508 e. The third-order valence-corrected chi connectivity index (χ3v) is 3.28. The Morgan fingerprint density at radius 1 is 1.33 bits per heavy atom. The highest BCUT2D eigenvalue weighted by Crippen LogP contribution is 2.24. The van der Waals surface area contributed by atoms with Gasteiger partial charge in [-0.2, -0.15) is 0 Å². The van der Waals surface area contributed by atoms with Crippen LogP contribution in [0.15, 0.2) is 42.5 Å². The molecular formula is C16H17FN2O2. The molecule has 0 heterocycles. The molecule has 0 spiro atoms. The van der Waals surface area contributed by atoms with Crippen molar-refractivity contribution in [3.63, 3.8) is 0 Å². The van der Waals surface area contributed by atoms with E-state index < -0.39 is 11.7 Å². The van der Waals surface area contributed by atoms with Gasteiger partial charge in [-0.3, -0.25) is 4.79 Å². The molecule has 1 amide bonds. The normalized spacial score (nSPS) is 12.1. The fourth-order valence-corrected chi connectivity index (χ4v) is 2.09. The minimum Gasteiger partial charge on any atom is -0.508 e. The number of benzene rings is 2. The van der Waals surface area contributed by atoms with Crippen LogP contribution in [-0.4, -0.2) is 11.0 Å². The van der Waals surface area contributed by atoms with Gasteiger partial charge in [0.15, 0.2) is 0 Å². The van der Waals surface area contributed by atoms with Crippen molar-refractivity contribution in [1.82, 2.24) is 5.32 Å². The molecule has 0 aliphatic carbocycles. The second-order valence-corrected chi connectivity index (χ2v) is 4.87. The van der Waals surface area contributed by atoms with Gasteiger partial charge in [-0.05, 0) is 42.8 Å². The van der Waals surface area contributed by atoms with Crippen molar-refractivity contribution < 1.29 is 14.3 Å². The molecule has 1 atom stereocenters. The van der Waals surface area contributed by atoms with Crippen molar-refractivity contribution in [2.75, 3.05) is 0 Å². The predicted molar refractivity (Wildman–Crippen MR) is 78.3 cm³/mol. The first-order valence-corrected chi connectivity index (χ1v) is 6.58. The number of phenols is 1. The number of nitrogens with two attached hydrogens (primary N) is 1. The fraction of sp³-hybridized carbons (Fsp3) is 0.188. The van der Waals surface area contributed by atoms with Crippen LogP contribution < -0.4 is 11.1 Å². The smallest absolute Gasteiger partial charge is 0.248 e. The minimum absolute atomic E-state index is 0.0438. The van der Waals surface area contributed by atoms with E-state index in [9.17, 15) is 14.3 Å². The summed E-state index contributed by atoms with van der Waals surface area (Å²) in [5.74, 6) is -0.831. The average Bonchev–Trinajstić information content (AvgIpc) is 2.47. The summed E-state index contributed by atoms with van der Waals surface area (Å²) in [5, 5.41) is 12.9. The zero-order chi connectivity index (χ0) is 15.4. The molecule has 0 aromatic heterocycles. The lowest BCUT2D eigenvalue weighted by molar-refractivity contribution is 0.1000. The first-order valence-electron chi connectivity index (χ1n) is 6.58. The van der Waals surface area contributed by atoms with Gasteiger partial charge in [0.1, 0.15) is 11.6 Å². The molecule has 5 heteroatoms. The summed E-state index contributed by atoms with van der Waals surface area (Å²) in [5.41, 5.74) is 7.04. The number of carbonyl (C=O) groups is 1. The molecule has 0 bridgehead atoms. The Kier molecular flexibility index (Phi) is 4.55. The number of hydrogen-bond donors (Lipinski definition) is 3. The van der Waals surface area contributed by atoms with Crippen LogP contribution in [0.2, 0.25) is 0 Å². The summed E-state index contributed by atoms with van der Waals surface area (Å²) in [6, 6.07) is 10.6. The maximum Gasteiger partial charge on any atom is 0.248 e. The number of nitrogens with one attached hydrogen (secondary N) is 1. The van der Waals surface area contributed by atoms with Crippen LogP contribution in [0.5, 0.6) is 5.75 Å². The van der Waals surface area contributed by atoms with Gasteiger partial charge in [0, 0.05) is 23.7 Å². The van der Waals surface area contributed by atoms with E-state index in [0.29, 0.717) is 17.7 Å². The third-order valence-electron chi connectivity index (χ3n) is 3.28. The molecule has 4 N–H and O–H groups in total. The SMILES string of the molecule is CC(NCc1cccc(C(N)=O)c1)c1cc(F)ccc1O. The molecule has 0 fully saturated rings. The summed E-state index contributed by atoms with van der Waals surface area (Å²) in [6.45, 7) is 2.30. The van der Waals surface area contributed by atoms with E-state index >= 15 is 0 Å². The van der Waals surface area contributed by atoms with Crippen molar-refractivity contribution in [2.45, 2.75) is 19.5 Å². The maximum atomic E-state index is 13.2. The van der Waals surface area contributed by atoms with Crippen LogP contribution in [0.1, 0.15) is 34.5 Å². The lowest BCUT2D eigenvalue weighted by atomic mass is 10.1. The molecule has 2 aromatic rings. The fourth-order valence-electron chi connectivity index (χ4n) is 2.09. The van der Waals surface area contributed by atoms with Crippen molar-refractivity contribution in [2.24, 2.45) is 5.73 Å². The highest BCUT2D eigenvalue weighted by molar-refractivity contribution is 5.92. The Morgan fingerprint density at radius 2 is 2.10 bits per heavy atom. The number of amides is 1. The lowest BCUT2D eigenvalue weighted by Crippen LogP contribution is -2.19. The molecule has 1 unspecified atom stereocenters. The Balaban J connectivity index is 2.07. The monoisotopic (exact) mass is 288 g/mol. The second kappa shape index (κ2) is 6.37. The van der Waals surface area contributed by atoms with E-state index in [4.69, 9.17) is 5.73 Å². The van der Waals surface area contributed by atoms with E-state index in [1.807, 2.05) is 13.0 Å². The van der Waals surface area contributed by atoms with Gasteiger partial charge in [-0.25, -0.2) is 4.39 Å². The summed E-state index contributed by atoms with van der Waals surface area (Å²) >= 11 is 0. The molecule has 0 radical (unpaired) electrons. The van der Waals surface area contributed by atoms with Crippen molar-refractivity contribution in [3.05, 3.63) is 65.0 Å². The maximum absolute atomic E-state index is 13.2. The van der Waals surface area contributed by atoms with E-state index in [-0.39, 0.29) is 11.8 Å². The van der Waals surface area contributed by atoms with Crippen molar-refractivity contribution in [1.29, 1.82) is 0 Å². The highest BCUT2D eigenvalue weighted by atomic mass is 19.1. The number of hydrogen-bond acceptors (Lipinski definition) is 3. The first-order chi connectivity index (χ1) is 9.97. The zero-order valence-electron chi connectivity index (χ0n) is 11.6. The topological polar surface area (TPSA) is 75.3 Å². The Morgan fingerprint density at radius 3 is 2.81 bits per heavy atom. The molecule has 110 valence electrons. The third kappa shape index (κ3) is 3.79. The molecule has 0 aliphatic heterocycles. The Labute approximate surface area is 122 Å². The standard InChI is InChI=1S/C16H17FN2O2/c1-10(14-8-13(17)5-6-15(14)20)19-9-11-3-2-4-12(7-11)16(18)21/h2-8,10,19-20H,9H2,1H3,(H2,18,21). The van der Waals surface area contributed by atoms with Crippen molar-refractivity contribution >= 4 is 5.91 Å². The molecular weight excluding hydrogens is 271 g/mol. The number of primary amides is 1. The van der Waals surface area contributed by atoms with Crippen LogP contribution >= 0.6 is 0 Å². The zero-order valence-corrected chi connectivity index (χ0v) is 11.6. The van der Waals surface area contributed by atoms with E-state index in [2.05, 4.69) is 5.32 Å². The van der Waals surface area contributed by atoms with E-state index in [1.54, 1.807) is 18.2 Å². The summed E-state index contributed by atoms with van der Waals surface area (Å²) in [4.78, 5) is 11.1. The van der Waals surface area contributed by atoms with E-state index in [0.717, 1.165) is 5.56 Å². The molecule has 0 saturated carbocycles. The van der Waals surface area contributed by atoms with Crippen LogP contribution in [0, 0.1) is 5.82 Å². The first kappa shape index (κ1) is 15.0. The number of carbonyl (C=O) groups excluding carboxylic acids is 1. The molecule has 0 saturated heterocycles.